The Kier molecular flexibility index (Phi) is 1.83. The lowest BCUT2D eigenvalue weighted by atomic mass is 9.91. The van der Waals surface area contributed by atoms with E-state index in [0.717, 1.165) is 13.1 Å². The van der Waals surface area contributed by atoms with Crippen molar-refractivity contribution in [2.75, 3.05) is 13.1 Å². The van der Waals surface area contributed by atoms with Crippen molar-refractivity contribution in [3.8, 4) is 0 Å². The van der Waals surface area contributed by atoms with Gasteiger partial charge in [0.25, 0.3) is 0 Å². The molecule has 0 aromatic rings. The average molecular weight is 169 g/mol. The van der Waals surface area contributed by atoms with Crippen molar-refractivity contribution in [3.63, 3.8) is 0 Å². The third kappa shape index (κ3) is 1.33. The smallest absolute Gasteiger partial charge is 0.219 e. The van der Waals surface area contributed by atoms with Gasteiger partial charge in [0.1, 0.15) is 0 Å². The van der Waals surface area contributed by atoms with Crippen LogP contribution in [0.25, 0.3) is 0 Å². The molecular formula is C9H15NO2. The maximum atomic E-state index is 10.8. The number of carbonyl (C=O) groups is 1. The highest BCUT2D eigenvalue weighted by molar-refractivity contribution is 5.74. The van der Waals surface area contributed by atoms with Crippen LogP contribution in [0.2, 0.25) is 0 Å². The summed E-state index contributed by atoms with van der Waals surface area (Å²) in [4.78, 5) is 12.6. The number of aliphatic hydroxyl groups excluding tert-OH is 1. The van der Waals surface area contributed by atoms with Crippen molar-refractivity contribution in [2.24, 2.45) is 11.8 Å². The molecule has 3 nitrogen and oxygen atoms in total. The maximum absolute atomic E-state index is 10.8. The van der Waals surface area contributed by atoms with E-state index in [9.17, 15) is 9.90 Å². The van der Waals surface area contributed by atoms with E-state index in [-0.39, 0.29) is 12.0 Å². The van der Waals surface area contributed by atoms with Crippen molar-refractivity contribution in [2.45, 2.75) is 25.9 Å². The molecule has 0 aromatic heterocycles. The molecule has 12 heavy (non-hydrogen) atoms. The summed E-state index contributed by atoms with van der Waals surface area (Å²) in [7, 11) is 0. The topological polar surface area (TPSA) is 40.5 Å². The van der Waals surface area contributed by atoms with Crippen LogP contribution in [-0.2, 0) is 4.79 Å². The minimum atomic E-state index is -0.138. The molecule has 0 aromatic carbocycles. The van der Waals surface area contributed by atoms with Crippen LogP contribution in [0, 0.1) is 11.8 Å². The van der Waals surface area contributed by atoms with Gasteiger partial charge in [0.2, 0.25) is 5.91 Å². The fourth-order valence-electron chi connectivity index (χ4n) is 1.81. The molecule has 1 saturated heterocycles. The van der Waals surface area contributed by atoms with Crippen LogP contribution < -0.4 is 0 Å². The minimum absolute atomic E-state index is 0.134. The Labute approximate surface area is 72.4 Å². The normalized spacial score (nSPS) is 26.7. The monoisotopic (exact) mass is 169 g/mol. The SMILES string of the molecule is CC(=O)N1CC(C(O)C2CC2)C1. The first-order valence-corrected chi connectivity index (χ1v) is 4.62. The average Bonchev–Trinajstić information content (AvgIpc) is 2.62. The van der Waals surface area contributed by atoms with Crippen LogP contribution >= 0.6 is 0 Å². The quantitative estimate of drug-likeness (QED) is 0.643. The molecule has 0 radical (unpaired) electrons. The van der Waals surface area contributed by atoms with Gasteiger partial charge < -0.3 is 10.0 Å². The van der Waals surface area contributed by atoms with Crippen LogP contribution in [0.5, 0.6) is 0 Å². The van der Waals surface area contributed by atoms with Crippen molar-refractivity contribution >= 4 is 5.91 Å². The van der Waals surface area contributed by atoms with Crippen LogP contribution in [0.1, 0.15) is 19.8 Å². The second kappa shape index (κ2) is 2.73. The minimum Gasteiger partial charge on any atom is -0.392 e. The molecule has 0 spiro atoms. The highest BCUT2D eigenvalue weighted by atomic mass is 16.3. The second-order valence-corrected chi connectivity index (χ2v) is 4.01. The maximum Gasteiger partial charge on any atom is 0.219 e. The Morgan fingerprint density at radius 3 is 2.42 bits per heavy atom. The lowest BCUT2D eigenvalue weighted by Gasteiger charge is -2.41. The van der Waals surface area contributed by atoms with Gasteiger partial charge in [0.05, 0.1) is 6.10 Å². The van der Waals surface area contributed by atoms with Crippen LogP contribution in [0.15, 0.2) is 0 Å². The molecule has 0 bridgehead atoms. The molecule has 1 unspecified atom stereocenters. The number of amides is 1. The first-order valence-electron chi connectivity index (χ1n) is 4.62. The van der Waals surface area contributed by atoms with Crippen LogP contribution in [0.3, 0.4) is 0 Å². The molecule has 1 heterocycles. The number of hydrogen-bond acceptors (Lipinski definition) is 2. The number of aliphatic hydroxyl groups is 1. The van der Waals surface area contributed by atoms with E-state index in [4.69, 9.17) is 0 Å². The fraction of sp³-hybridized carbons (Fsp3) is 0.889. The molecule has 2 rings (SSSR count). The van der Waals surface area contributed by atoms with Gasteiger partial charge in [0, 0.05) is 25.9 Å². The first-order chi connectivity index (χ1) is 5.68. The van der Waals surface area contributed by atoms with Gasteiger partial charge in [-0.2, -0.15) is 0 Å². The lowest BCUT2D eigenvalue weighted by Crippen LogP contribution is -2.54. The van der Waals surface area contributed by atoms with Gasteiger partial charge in [-0.05, 0) is 18.8 Å². The van der Waals surface area contributed by atoms with Crippen LogP contribution in [-0.4, -0.2) is 35.1 Å². The lowest BCUT2D eigenvalue weighted by molar-refractivity contribution is -0.138. The number of hydrogen-bond donors (Lipinski definition) is 1. The largest absolute Gasteiger partial charge is 0.392 e. The van der Waals surface area contributed by atoms with E-state index in [0.29, 0.717) is 11.8 Å². The summed E-state index contributed by atoms with van der Waals surface area (Å²) in [5.74, 6) is 1.04. The van der Waals surface area contributed by atoms with Gasteiger partial charge >= 0.3 is 0 Å². The van der Waals surface area contributed by atoms with Gasteiger partial charge in [0.15, 0.2) is 0 Å². The van der Waals surface area contributed by atoms with E-state index in [1.807, 2.05) is 0 Å². The van der Waals surface area contributed by atoms with E-state index < -0.39 is 0 Å². The summed E-state index contributed by atoms with van der Waals surface area (Å²) < 4.78 is 0. The van der Waals surface area contributed by atoms with Crippen molar-refractivity contribution < 1.29 is 9.90 Å². The molecule has 1 aliphatic heterocycles. The van der Waals surface area contributed by atoms with Gasteiger partial charge in [-0.25, -0.2) is 0 Å². The van der Waals surface area contributed by atoms with E-state index in [2.05, 4.69) is 0 Å². The van der Waals surface area contributed by atoms with Crippen molar-refractivity contribution in [1.29, 1.82) is 0 Å². The molecule has 1 amide bonds. The molecule has 2 aliphatic rings. The first kappa shape index (κ1) is 8.05. The standard InChI is InChI=1S/C9H15NO2/c1-6(11)10-4-8(5-10)9(12)7-2-3-7/h7-9,12H,2-5H2,1H3. The zero-order valence-corrected chi connectivity index (χ0v) is 7.36. The summed E-state index contributed by atoms with van der Waals surface area (Å²) in [6.45, 7) is 3.12. The number of nitrogens with zero attached hydrogens (tertiary/aromatic N) is 1. The van der Waals surface area contributed by atoms with E-state index in [1.165, 1.54) is 12.8 Å². The summed E-state index contributed by atoms with van der Waals surface area (Å²) >= 11 is 0. The number of carbonyl (C=O) groups excluding carboxylic acids is 1. The van der Waals surface area contributed by atoms with E-state index in [1.54, 1.807) is 11.8 Å². The summed E-state index contributed by atoms with van der Waals surface area (Å²) in [5.41, 5.74) is 0. The zero-order valence-electron chi connectivity index (χ0n) is 7.36. The highest BCUT2D eigenvalue weighted by Crippen LogP contribution is 2.38. The van der Waals surface area contributed by atoms with Gasteiger partial charge in [-0.3, -0.25) is 4.79 Å². The molecule has 1 atom stereocenters. The molecule has 68 valence electrons. The predicted octanol–water partition coefficient (Wildman–Crippen LogP) is 0.236. The molecule has 1 N–H and O–H groups in total. The van der Waals surface area contributed by atoms with Crippen LogP contribution in [0.4, 0.5) is 0 Å². The molecule has 3 heteroatoms. The Morgan fingerprint density at radius 1 is 1.42 bits per heavy atom. The highest BCUT2D eigenvalue weighted by Gasteiger charge is 2.41. The van der Waals surface area contributed by atoms with Gasteiger partial charge in [-0.1, -0.05) is 0 Å². The van der Waals surface area contributed by atoms with Crippen molar-refractivity contribution in [1.82, 2.24) is 4.90 Å². The Balaban J connectivity index is 1.76. The molecule has 1 saturated carbocycles. The summed E-state index contributed by atoms with van der Waals surface area (Å²) in [5, 5.41) is 9.67. The third-order valence-corrected chi connectivity index (χ3v) is 2.94. The number of likely N-dealkylation sites (tertiary alicyclic amines) is 1. The van der Waals surface area contributed by atoms with E-state index >= 15 is 0 Å². The summed E-state index contributed by atoms with van der Waals surface area (Å²) in [6.07, 6.45) is 2.22. The van der Waals surface area contributed by atoms with Gasteiger partial charge in [-0.15, -0.1) is 0 Å². The Bertz CT molecular complexity index is 195. The third-order valence-electron chi connectivity index (χ3n) is 2.94. The van der Waals surface area contributed by atoms with Crippen molar-refractivity contribution in [3.05, 3.63) is 0 Å². The molecular weight excluding hydrogens is 154 g/mol. The Hall–Kier alpha value is -0.570. The second-order valence-electron chi connectivity index (χ2n) is 4.01. The summed E-state index contributed by atoms with van der Waals surface area (Å²) in [6, 6.07) is 0. The predicted molar refractivity (Wildman–Crippen MR) is 44.5 cm³/mol. The molecule has 1 aliphatic carbocycles. The fourth-order valence-corrected chi connectivity index (χ4v) is 1.81. The zero-order chi connectivity index (χ0) is 8.72. The number of rotatable bonds is 2. The Morgan fingerprint density at radius 2 is 2.00 bits per heavy atom. The molecule has 2 fully saturated rings.